The molecular formula is C48H57Br3O6. The summed E-state index contributed by atoms with van der Waals surface area (Å²) < 4.78 is 39.4. The quantitative estimate of drug-likeness (QED) is 0.0652. The standard InChI is InChI=1S/C48H57Br3O6/c1-7-19-52-43-31-40(49)46(55-22-10-4)28-37(43)16-13-34-25-35(14-17-38-29-47(56-23-11-5)41(50)32-44(38)53-20-8-2)27-36(26-34)15-18-39-30-48(57-24-12-6)42(51)33-45(39)54-21-9-3/h13-18,25-33H,7-12,19-24H2,1-6H3/b16-13+,17-14+,18-15+. The maximum atomic E-state index is 6.19. The van der Waals surface area contributed by atoms with Crippen LogP contribution in [0.15, 0.2) is 68.0 Å². The Morgan fingerprint density at radius 2 is 0.544 bits per heavy atom. The van der Waals surface area contributed by atoms with E-state index in [9.17, 15) is 0 Å². The molecule has 6 nitrogen and oxygen atoms in total. The summed E-state index contributed by atoms with van der Waals surface area (Å²) in [6.07, 6.45) is 18.1. The lowest BCUT2D eigenvalue weighted by Crippen LogP contribution is -2.00. The van der Waals surface area contributed by atoms with E-state index < -0.39 is 0 Å². The number of ether oxygens (including phenoxy) is 6. The topological polar surface area (TPSA) is 55.4 Å². The molecule has 57 heavy (non-hydrogen) atoms. The highest BCUT2D eigenvalue weighted by atomic mass is 79.9. The Morgan fingerprint density at radius 1 is 0.316 bits per heavy atom. The highest BCUT2D eigenvalue weighted by molar-refractivity contribution is 9.11. The Labute approximate surface area is 366 Å². The molecule has 0 N–H and O–H groups in total. The van der Waals surface area contributed by atoms with Gasteiger partial charge in [-0.2, -0.15) is 0 Å². The summed E-state index contributed by atoms with van der Waals surface area (Å²) in [6.45, 7) is 16.4. The number of benzene rings is 4. The molecule has 306 valence electrons. The van der Waals surface area contributed by atoms with E-state index in [0.717, 1.165) is 120 Å². The van der Waals surface area contributed by atoms with Gasteiger partial charge in [0.2, 0.25) is 0 Å². The Bertz CT molecular complexity index is 1730. The predicted octanol–water partition coefficient (Wildman–Crippen LogP) is 15.2. The Hall–Kier alpha value is -3.66. The fourth-order valence-corrected chi connectivity index (χ4v) is 6.88. The van der Waals surface area contributed by atoms with Crippen molar-refractivity contribution in [2.45, 2.75) is 80.1 Å². The fraction of sp³-hybridized carbons (Fsp3) is 0.375. The van der Waals surface area contributed by atoms with E-state index in [0.29, 0.717) is 39.6 Å². The number of rotatable bonds is 24. The van der Waals surface area contributed by atoms with Crippen LogP contribution in [0.25, 0.3) is 36.5 Å². The number of hydrogen-bond donors (Lipinski definition) is 0. The van der Waals surface area contributed by atoms with Gasteiger partial charge in [-0.15, -0.1) is 0 Å². The van der Waals surface area contributed by atoms with Crippen molar-refractivity contribution < 1.29 is 28.4 Å². The summed E-state index contributed by atoms with van der Waals surface area (Å²) in [6, 6.07) is 18.6. The first-order valence-electron chi connectivity index (χ1n) is 20.2. The van der Waals surface area contributed by atoms with Crippen molar-refractivity contribution in [1.82, 2.24) is 0 Å². The molecule has 0 saturated heterocycles. The minimum Gasteiger partial charge on any atom is -0.493 e. The molecule has 0 bridgehead atoms. The third-order valence-electron chi connectivity index (χ3n) is 8.33. The molecule has 0 heterocycles. The summed E-state index contributed by atoms with van der Waals surface area (Å²) in [5, 5.41) is 0. The second kappa shape index (κ2) is 25.0. The molecule has 0 radical (unpaired) electrons. The van der Waals surface area contributed by atoms with Gasteiger partial charge < -0.3 is 28.4 Å². The third kappa shape index (κ3) is 14.6. The SMILES string of the molecule is CCCOc1cc(/C=C/c2cc(/C=C/c3cc(OCCC)c(Br)cc3OCCC)cc(/C=C/c3cc(OCCC)c(Br)cc3OCCC)c2)c(OCCC)cc1Br. The van der Waals surface area contributed by atoms with Crippen LogP contribution >= 0.6 is 47.8 Å². The Morgan fingerprint density at radius 3 is 0.772 bits per heavy atom. The van der Waals surface area contributed by atoms with Gasteiger partial charge in [-0.05, 0) is 158 Å². The zero-order chi connectivity index (χ0) is 41.0. The van der Waals surface area contributed by atoms with Crippen molar-refractivity contribution in [2.75, 3.05) is 39.6 Å². The van der Waals surface area contributed by atoms with Gasteiger partial charge >= 0.3 is 0 Å². The van der Waals surface area contributed by atoms with Crippen molar-refractivity contribution in [3.8, 4) is 34.5 Å². The van der Waals surface area contributed by atoms with E-state index in [1.54, 1.807) is 0 Å². The van der Waals surface area contributed by atoms with E-state index in [-0.39, 0.29) is 0 Å². The van der Waals surface area contributed by atoms with Crippen molar-refractivity contribution in [2.24, 2.45) is 0 Å². The third-order valence-corrected chi connectivity index (χ3v) is 10.2. The van der Waals surface area contributed by atoms with Gasteiger partial charge in [-0.25, -0.2) is 0 Å². The van der Waals surface area contributed by atoms with Crippen LogP contribution in [0.3, 0.4) is 0 Å². The molecule has 0 unspecified atom stereocenters. The molecule has 0 aliphatic rings. The summed E-state index contributed by atoms with van der Waals surface area (Å²) >= 11 is 11.1. The molecule has 0 aliphatic heterocycles. The Balaban J connectivity index is 1.84. The monoisotopic (exact) mass is 966 g/mol. The van der Waals surface area contributed by atoms with Crippen LogP contribution < -0.4 is 28.4 Å². The first kappa shape index (κ1) is 46.0. The lowest BCUT2D eigenvalue weighted by Gasteiger charge is -2.14. The molecule has 4 aromatic carbocycles. The van der Waals surface area contributed by atoms with Crippen LogP contribution in [0.1, 0.15) is 113 Å². The molecule has 9 heteroatoms. The van der Waals surface area contributed by atoms with E-state index in [1.807, 2.05) is 36.4 Å². The molecule has 4 aromatic rings. The molecule has 0 fully saturated rings. The molecule has 0 amide bonds. The van der Waals surface area contributed by atoms with E-state index in [1.165, 1.54) is 0 Å². The maximum Gasteiger partial charge on any atom is 0.134 e. The first-order chi connectivity index (χ1) is 27.7. The zero-order valence-corrected chi connectivity index (χ0v) is 39.0. The smallest absolute Gasteiger partial charge is 0.134 e. The van der Waals surface area contributed by atoms with E-state index in [2.05, 4.69) is 144 Å². The highest BCUT2D eigenvalue weighted by Crippen LogP contribution is 2.37. The molecule has 0 spiro atoms. The van der Waals surface area contributed by atoms with Crippen molar-refractivity contribution in [1.29, 1.82) is 0 Å². The van der Waals surface area contributed by atoms with Crippen molar-refractivity contribution in [3.63, 3.8) is 0 Å². The van der Waals surface area contributed by atoms with Gasteiger partial charge in [0, 0.05) is 16.7 Å². The van der Waals surface area contributed by atoms with Crippen molar-refractivity contribution >= 4 is 84.2 Å². The van der Waals surface area contributed by atoms with Crippen LogP contribution in [-0.4, -0.2) is 39.6 Å². The second-order valence-corrected chi connectivity index (χ2v) is 16.0. The average molecular weight is 970 g/mol. The second-order valence-electron chi connectivity index (χ2n) is 13.5. The van der Waals surface area contributed by atoms with Gasteiger partial charge in [0.1, 0.15) is 34.5 Å². The predicted molar refractivity (Wildman–Crippen MR) is 250 cm³/mol. The van der Waals surface area contributed by atoms with Gasteiger partial charge in [0.25, 0.3) is 0 Å². The highest BCUT2D eigenvalue weighted by Gasteiger charge is 2.13. The lowest BCUT2D eigenvalue weighted by molar-refractivity contribution is 0.306. The normalized spacial score (nSPS) is 11.5. The molecular weight excluding hydrogens is 912 g/mol. The molecule has 0 aliphatic carbocycles. The summed E-state index contributed by atoms with van der Waals surface area (Å²) in [5.74, 6) is 4.76. The number of halogens is 3. The van der Waals surface area contributed by atoms with Crippen molar-refractivity contribution in [3.05, 3.63) is 101 Å². The number of hydrogen-bond acceptors (Lipinski definition) is 6. The lowest BCUT2D eigenvalue weighted by atomic mass is 10.0. The van der Waals surface area contributed by atoms with Crippen LogP contribution in [0.2, 0.25) is 0 Å². The Kier molecular flexibility index (Phi) is 20.2. The van der Waals surface area contributed by atoms with E-state index in [4.69, 9.17) is 28.4 Å². The van der Waals surface area contributed by atoms with Crippen LogP contribution in [0.4, 0.5) is 0 Å². The average Bonchev–Trinajstić information content (AvgIpc) is 3.21. The van der Waals surface area contributed by atoms with Crippen LogP contribution in [-0.2, 0) is 0 Å². The van der Waals surface area contributed by atoms with Gasteiger partial charge in [0.15, 0.2) is 0 Å². The fourth-order valence-electron chi connectivity index (χ4n) is 5.57. The van der Waals surface area contributed by atoms with E-state index >= 15 is 0 Å². The minimum absolute atomic E-state index is 0.619. The summed E-state index contributed by atoms with van der Waals surface area (Å²) in [4.78, 5) is 0. The van der Waals surface area contributed by atoms with Gasteiger partial charge in [-0.1, -0.05) is 78.0 Å². The molecule has 4 rings (SSSR count). The van der Waals surface area contributed by atoms with Crippen LogP contribution in [0, 0.1) is 0 Å². The van der Waals surface area contributed by atoms with Gasteiger partial charge in [0.05, 0.1) is 53.1 Å². The van der Waals surface area contributed by atoms with Gasteiger partial charge in [-0.3, -0.25) is 0 Å². The zero-order valence-electron chi connectivity index (χ0n) is 34.2. The molecule has 0 atom stereocenters. The maximum absolute atomic E-state index is 6.19. The minimum atomic E-state index is 0.619. The summed E-state index contributed by atoms with van der Waals surface area (Å²) in [5.41, 5.74) is 5.88. The first-order valence-corrected chi connectivity index (χ1v) is 22.6. The molecule has 0 aromatic heterocycles. The molecule has 0 saturated carbocycles. The largest absolute Gasteiger partial charge is 0.493 e. The summed E-state index contributed by atoms with van der Waals surface area (Å²) in [7, 11) is 0. The van der Waals surface area contributed by atoms with Crippen LogP contribution in [0.5, 0.6) is 34.5 Å².